The first-order chi connectivity index (χ1) is 12.9. The summed E-state index contributed by atoms with van der Waals surface area (Å²) in [5, 5.41) is 12.3. The Morgan fingerprint density at radius 1 is 1.30 bits per heavy atom. The van der Waals surface area contributed by atoms with E-state index in [9.17, 15) is 19.2 Å². The second-order valence-corrected chi connectivity index (χ2v) is 5.67. The van der Waals surface area contributed by atoms with Gasteiger partial charge in [0, 0.05) is 38.5 Å². The standard InChI is InChI=1S/C17H23N5O5/c18-17(19)22-9-5-13(11-22)3-7-20-15(25)1-2-16(26)21-8-4-14(24)6-10-27-12-23/h5,12H,1-3,6-7,9-11H2,(H3,18,19)(H,20,25)(H,21,26). The maximum absolute atomic E-state index is 11.7. The molecule has 0 saturated heterocycles. The van der Waals surface area contributed by atoms with Crippen molar-refractivity contribution < 1.29 is 23.9 Å². The fourth-order valence-electron chi connectivity index (χ4n) is 2.15. The number of nitrogens with zero attached hydrogens (tertiary/aromatic N) is 1. The monoisotopic (exact) mass is 377 g/mol. The highest BCUT2D eigenvalue weighted by molar-refractivity contribution is 5.96. The number of ketones is 1. The fraction of sp³-hybridized carbons (Fsp3) is 0.471. The summed E-state index contributed by atoms with van der Waals surface area (Å²) >= 11 is 0. The molecule has 146 valence electrons. The molecule has 2 amide bonds. The van der Waals surface area contributed by atoms with Crippen molar-refractivity contribution in [2.75, 3.05) is 26.2 Å². The number of carbonyl (C=O) groups is 4. The minimum Gasteiger partial charge on any atom is -0.467 e. The molecule has 27 heavy (non-hydrogen) atoms. The van der Waals surface area contributed by atoms with Crippen LogP contribution in [0.3, 0.4) is 0 Å². The van der Waals surface area contributed by atoms with Crippen molar-refractivity contribution in [1.82, 2.24) is 15.5 Å². The van der Waals surface area contributed by atoms with E-state index < -0.39 is 11.7 Å². The highest BCUT2D eigenvalue weighted by Gasteiger charge is 2.14. The molecule has 0 aromatic carbocycles. The van der Waals surface area contributed by atoms with Gasteiger partial charge in [-0.25, -0.2) is 0 Å². The summed E-state index contributed by atoms with van der Waals surface area (Å²) in [5.74, 6) is 1.01. The van der Waals surface area contributed by atoms with Gasteiger partial charge in [0.05, 0.1) is 13.0 Å². The van der Waals surface area contributed by atoms with Gasteiger partial charge in [-0.1, -0.05) is 11.6 Å². The zero-order chi connectivity index (χ0) is 20.1. The molecule has 0 aromatic heterocycles. The number of rotatable bonds is 10. The minimum atomic E-state index is -0.473. The predicted molar refractivity (Wildman–Crippen MR) is 96.0 cm³/mol. The first-order valence-corrected chi connectivity index (χ1v) is 8.34. The number of nitrogens with one attached hydrogen (secondary N) is 3. The van der Waals surface area contributed by atoms with Crippen molar-refractivity contribution in [3.05, 3.63) is 11.6 Å². The molecule has 10 heteroatoms. The quantitative estimate of drug-likeness (QED) is 0.0695. The third-order valence-electron chi connectivity index (χ3n) is 3.60. The van der Waals surface area contributed by atoms with Crippen LogP contribution in [0.4, 0.5) is 0 Å². The number of guanidine groups is 1. The minimum absolute atomic E-state index is 0.00720. The lowest BCUT2D eigenvalue weighted by atomic mass is 10.2. The molecule has 1 heterocycles. The summed E-state index contributed by atoms with van der Waals surface area (Å²) in [6, 6.07) is 2.21. The number of nitrogens with two attached hydrogens (primary N) is 1. The zero-order valence-electron chi connectivity index (χ0n) is 14.9. The van der Waals surface area contributed by atoms with E-state index in [1.165, 1.54) is 0 Å². The van der Waals surface area contributed by atoms with Gasteiger partial charge in [-0.15, -0.1) is 0 Å². The molecule has 0 radical (unpaired) electrons. The van der Waals surface area contributed by atoms with Crippen LogP contribution in [0, 0.1) is 17.4 Å². The fourth-order valence-corrected chi connectivity index (χ4v) is 2.15. The van der Waals surface area contributed by atoms with Crippen LogP contribution in [-0.4, -0.2) is 61.2 Å². The zero-order valence-corrected chi connectivity index (χ0v) is 14.9. The van der Waals surface area contributed by atoms with Gasteiger partial charge in [-0.3, -0.25) is 29.9 Å². The summed E-state index contributed by atoms with van der Waals surface area (Å²) in [6.07, 6.45) is 2.54. The van der Waals surface area contributed by atoms with Crippen LogP contribution in [0.25, 0.3) is 0 Å². The van der Waals surface area contributed by atoms with Crippen molar-refractivity contribution >= 4 is 30.0 Å². The molecule has 0 fully saturated rings. The SMILES string of the molecule is N=C(N)N1CC=C(CCNC(=O)CCC(=O)NC#CC(=O)CCOC=O)C1. The molecule has 0 saturated carbocycles. The lowest BCUT2D eigenvalue weighted by Gasteiger charge is -2.15. The second kappa shape index (κ2) is 12.1. The smallest absolute Gasteiger partial charge is 0.293 e. The summed E-state index contributed by atoms with van der Waals surface area (Å²) < 4.78 is 4.36. The summed E-state index contributed by atoms with van der Waals surface area (Å²) in [4.78, 5) is 46.1. The molecule has 10 nitrogen and oxygen atoms in total. The Labute approximate surface area is 157 Å². The first kappa shape index (κ1) is 21.7. The van der Waals surface area contributed by atoms with Gasteiger partial charge in [0.25, 0.3) is 6.47 Å². The van der Waals surface area contributed by atoms with Crippen LogP contribution in [0.2, 0.25) is 0 Å². The number of amides is 2. The Kier molecular flexibility index (Phi) is 9.70. The lowest BCUT2D eigenvalue weighted by Crippen LogP contribution is -2.34. The molecule has 1 aliphatic heterocycles. The highest BCUT2D eigenvalue weighted by atomic mass is 16.5. The van der Waals surface area contributed by atoms with E-state index in [1.54, 1.807) is 4.90 Å². The van der Waals surface area contributed by atoms with E-state index in [0.717, 1.165) is 5.57 Å². The topological polar surface area (TPSA) is 155 Å². The molecule has 5 N–H and O–H groups in total. The Morgan fingerprint density at radius 3 is 2.70 bits per heavy atom. The van der Waals surface area contributed by atoms with Crippen molar-refractivity contribution in [3.63, 3.8) is 0 Å². The van der Waals surface area contributed by atoms with E-state index in [4.69, 9.17) is 11.1 Å². The van der Waals surface area contributed by atoms with Crippen LogP contribution >= 0.6 is 0 Å². The molecule has 1 rings (SSSR count). The van der Waals surface area contributed by atoms with Gasteiger partial charge >= 0.3 is 0 Å². The van der Waals surface area contributed by atoms with Gasteiger partial charge in [0.2, 0.25) is 17.6 Å². The number of ether oxygens (including phenoxy) is 1. The highest BCUT2D eigenvalue weighted by Crippen LogP contribution is 2.11. The lowest BCUT2D eigenvalue weighted by molar-refractivity contribution is -0.129. The Hall–Kier alpha value is -3.35. The number of hydrogen-bond donors (Lipinski definition) is 4. The van der Waals surface area contributed by atoms with Crippen molar-refractivity contribution in [2.24, 2.45) is 5.73 Å². The van der Waals surface area contributed by atoms with Crippen molar-refractivity contribution in [1.29, 1.82) is 5.41 Å². The van der Waals surface area contributed by atoms with Crippen LogP contribution < -0.4 is 16.4 Å². The Balaban J connectivity index is 2.12. The molecule has 1 aliphatic rings. The summed E-state index contributed by atoms with van der Waals surface area (Å²) in [7, 11) is 0. The summed E-state index contributed by atoms with van der Waals surface area (Å²) in [6.45, 7) is 1.81. The molecule has 0 spiro atoms. The van der Waals surface area contributed by atoms with E-state index in [1.807, 2.05) is 6.08 Å². The van der Waals surface area contributed by atoms with Gasteiger partial charge in [0.1, 0.15) is 0 Å². The van der Waals surface area contributed by atoms with Crippen LogP contribution in [0.15, 0.2) is 11.6 Å². The van der Waals surface area contributed by atoms with E-state index in [0.29, 0.717) is 26.1 Å². The molecule has 0 unspecified atom stereocenters. The molecule has 0 aromatic rings. The first-order valence-electron chi connectivity index (χ1n) is 8.34. The molecule has 0 bridgehead atoms. The normalized spacial score (nSPS) is 12.3. The average Bonchev–Trinajstić information content (AvgIpc) is 3.09. The Morgan fingerprint density at radius 2 is 2.04 bits per heavy atom. The summed E-state index contributed by atoms with van der Waals surface area (Å²) in [5.41, 5.74) is 6.50. The second-order valence-electron chi connectivity index (χ2n) is 5.67. The van der Waals surface area contributed by atoms with Crippen molar-refractivity contribution in [3.8, 4) is 12.0 Å². The third kappa shape index (κ3) is 9.64. The predicted octanol–water partition coefficient (Wildman–Crippen LogP) is -1.38. The van der Waals surface area contributed by atoms with E-state index in [2.05, 4.69) is 27.3 Å². The molecular weight excluding hydrogens is 354 g/mol. The average molecular weight is 377 g/mol. The van der Waals surface area contributed by atoms with Gasteiger partial charge in [-0.2, -0.15) is 0 Å². The van der Waals surface area contributed by atoms with Crippen LogP contribution in [0.5, 0.6) is 0 Å². The number of hydrogen-bond acceptors (Lipinski definition) is 6. The maximum Gasteiger partial charge on any atom is 0.293 e. The molecule has 0 aliphatic carbocycles. The molecule has 0 atom stereocenters. The van der Waals surface area contributed by atoms with E-state index >= 15 is 0 Å². The molecular formula is C17H23N5O5. The maximum atomic E-state index is 11.7. The van der Waals surface area contributed by atoms with Gasteiger partial charge in [-0.05, 0) is 12.3 Å². The Bertz CT molecular complexity index is 677. The number of carbonyl (C=O) groups excluding carboxylic acids is 4. The van der Waals surface area contributed by atoms with Crippen LogP contribution in [-0.2, 0) is 23.9 Å². The van der Waals surface area contributed by atoms with E-state index in [-0.39, 0.29) is 44.2 Å². The number of Topliss-reactive ketones (excluding diaryl/α,β-unsaturated/α-hetero) is 1. The van der Waals surface area contributed by atoms with Gasteiger partial charge < -0.3 is 20.7 Å². The van der Waals surface area contributed by atoms with Crippen molar-refractivity contribution in [2.45, 2.75) is 25.7 Å². The van der Waals surface area contributed by atoms with Gasteiger partial charge in [0.15, 0.2) is 5.96 Å². The largest absolute Gasteiger partial charge is 0.467 e. The van der Waals surface area contributed by atoms with Crippen LogP contribution in [0.1, 0.15) is 25.7 Å². The third-order valence-corrected chi connectivity index (χ3v) is 3.60.